The summed E-state index contributed by atoms with van der Waals surface area (Å²) in [5.41, 5.74) is 0.898. The number of carbonyl (C=O) groups is 2. The highest BCUT2D eigenvalue weighted by molar-refractivity contribution is 5.95. The Bertz CT molecular complexity index is 512. The number of esters is 1. The first-order valence-corrected chi connectivity index (χ1v) is 6.41. The molecule has 2 unspecified atom stereocenters. The van der Waals surface area contributed by atoms with E-state index in [2.05, 4.69) is 4.74 Å². The Morgan fingerprint density at radius 1 is 1.35 bits per heavy atom. The zero-order valence-electron chi connectivity index (χ0n) is 11.2. The lowest BCUT2D eigenvalue weighted by Crippen LogP contribution is -2.40. The molecule has 1 aliphatic heterocycles. The van der Waals surface area contributed by atoms with E-state index in [9.17, 15) is 14.7 Å². The van der Waals surface area contributed by atoms with Gasteiger partial charge < -0.3 is 14.7 Å². The molecule has 2 rings (SSSR count). The van der Waals surface area contributed by atoms with Crippen LogP contribution in [0.4, 0.5) is 0 Å². The van der Waals surface area contributed by atoms with Gasteiger partial charge in [-0.2, -0.15) is 0 Å². The highest BCUT2D eigenvalue weighted by atomic mass is 16.5. The van der Waals surface area contributed by atoms with Gasteiger partial charge in [0, 0.05) is 19.0 Å². The second-order valence-corrected chi connectivity index (χ2v) is 4.66. The fraction of sp³-hybridized carbons (Fsp3) is 0.333. The molecule has 2 atom stereocenters. The molecule has 1 N–H and O–H groups in total. The number of methoxy groups -OCH3 is 1. The van der Waals surface area contributed by atoms with Crippen LogP contribution in [0.5, 0.6) is 0 Å². The fourth-order valence-electron chi connectivity index (χ4n) is 2.24. The molecule has 0 aliphatic carbocycles. The van der Waals surface area contributed by atoms with Gasteiger partial charge in [0.25, 0.3) is 0 Å². The van der Waals surface area contributed by atoms with E-state index in [1.54, 1.807) is 6.08 Å². The van der Waals surface area contributed by atoms with Gasteiger partial charge in [-0.1, -0.05) is 30.3 Å². The van der Waals surface area contributed by atoms with Gasteiger partial charge >= 0.3 is 5.97 Å². The first-order chi connectivity index (χ1) is 9.61. The number of amides is 1. The minimum absolute atomic E-state index is 0.151. The molecular weight excluding hydrogens is 258 g/mol. The van der Waals surface area contributed by atoms with Gasteiger partial charge in [0.1, 0.15) is 6.04 Å². The second kappa shape index (κ2) is 6.34. The summed E-state index contributed by atoms with van der Waals surface area (Å²) in [6.45, 7) is 0.151. The standard InChI is InChI=1S/C15H17NO4/c1-20-15(19)13-9-12(17)10-16(13)14(18)8-7-11-5-3-2-4-6-11/h2-8,12-13,17H,9-10H2,1H3/b8-7+. The van der Waals surface area contributed by atoms with Crippen molar-refractivity contribution in [2.75, 3.05) is 13.7 Å². The smallest absolute Gasteiger partial charge is 0.328 e. The van der Waals surface area contributed by atoms with E-state index < -0.39 is 18.1 Å². The van der Waals surface area contributed by atoms with Crippen LogP contribution >= 0.6 is 0 Å². The normalized spacial score (nSPS) is 22.2. The van der Waals surface area contributed by atoms with Crippen molar-refractivity contribution in [1.29, 1.82) is 0 Å². The first-order valence-electron chi connectivity index (χ1n) is 6.41. The maximum atomic E-state index is 12.1. The summed E-state index contributed by atoms with van der Waals surface area (Å²) in [5.74, 6) is -0.802. The summed E-state index contributed by atoms with van der Waals surface area (Å²) in [6.07, 6.45) is 2.62. The van der Waals surface area contributed by atoms with E-state index in [4.69, 9.17) is 0 Å². The lowest BCUT2D eigenvalue weighted by Gasteiger charge is -2.20. The molecular formula is C15H17NO4. The van der Waals surface area contributed by atoms with Crippen LogP contribution in [0.25, 0.3) is 6.08 Å². The van der Waals surface area contributed by atoms with Gasteiger partial charge in [0.15, 0.2) is 0 Å². The third-order valence-electron chi connectivity index (χ3n) is 3.25. The Kier molecular flexibility index (Phi) is 4.53. The molecule has 0 aromatic heterocycles. The largest absolute Gasteiger partial charge is 0.467 e. The van der Waals surface area contributed by atoms with Crippen LogP contribution < -0.4 is 0 Å². The van der Waals surface area contributed by atoms with E-state index in [1.165, 1.54) is 18.1 Å². The van der Waals surface area contributed by atoms with Crippen LogP contribution in [0.1, 0.15) is 12.0 Å². The van der Waals surface area contributed by atoms with Gasteiger partial charge in [0.2, 0.25) is 5.91 Å². The Labute approximate surface area is 117 Å². The number of nitrogens with zero attached hydrogens (tertiary/aromatic N) is 1. The number of benzene rings is 1. The predicted molar refractivity (Wildman–Crippen MR) is 73.6 cm³/mol. The van der Waals surface area contributed by atoms with E-state index >= 15 is 0 Å². The molecule has 1 aromatic rings. The average molecular weight is 275 g/mol. The summed E-state index contributed by atoms with van der Waals surface area (Å²) in [5, 5.41) is 9.62. The van der Waals surface area contributed by atoms with Gasteiger partial charge in [-0.25, -0.2) is 4.79 Å². The molecule has 0 radical (unpaired) electrons. The zero-order valence-corrected chi connectivity index (χ0v) is 11.2. The van der Waals surface area contributed by atoms with Crippen LogP contribution in [0.2, 0.25) is 0 Å². The number of likely N-dealkylation sites (tertiary alicyclic amines) is 1. The molecule has 1 saturated heterocycles. The van der Waals surface area contributed by atoms with Crippen molar-refractivity contribution >= 4 is 18.0 Å². The number of aliphatic hydroxyl groups excluding tert-OH is 1. The molecule has 20 heavy (non-hydrogen) atoms. The van der Waals surface area contributed by atoms with E-state index in [0.717, 1.165) is 5.56 Å². The number of rotatable bonds is 3. The van der Waals surface area contributed by atoms with Crippen molar-refractivity contribution < 1.29 is 19.4 Å². The SMILES string of the molecule is COC(=O)C1CC(O)CN1C(=O)/C=C/c1ccccc1. The molecule has 5 heteroatoms. The molecule has 1 amide bonds. The lowest BCUT2D eigenvalue weighted by molar-refractivity contribution is -0.149. The van der Waals surface area contributed by atoms with Crippen molar-refractivity contribution in [3.8, 4) is 0 Å². The highest BCUT2D eigenvalue weighted by Gasteiger charge is 2.38. The zero-order chi connectivity index (χ0) is 14.5. The molecule has 5 nitrogen and oxygen atoms in total. The van der Waals surface area contributed by atoms with Gasteiger partial charge in [-0.05, 0) is 11.6 Å². The van der Waals surface area contributed by atoms with Crippen molar-refractivity contribution in [3.05, 3.63) is 42.0 Å². The summed E-state index contributed by atoms with van der Waals surface area (Å²) in [6, 6.07) is 8.69. The summed E-state index contributed by atoms with van der Waals surface area (Å²) >= 11 is 0. The number of aliphatic hydroxyl groups is 1. The highest BCUT2D eigenvalue weighted by Crippen LogP contribution is 2.19. The van der Waals surface area contributed by atoms with Crippen molar-refractivity contribution in [1.82, 2.24) is 4.90 Å². The van der Waals surface area contributed by atoms with Gasteiger partial charge in [0.05, 0.1) is 13.2 Å². The topological polar surface area (TPSA) is 66.8 Å². The quantitative estimate of drug-likeness (QED) is 0.655. The van der Waals surface area contributed by atoms with Crippen LogP contribution in [0, 0.1) is 0 Å². The minimum atomic E-state index is -0.706. The predicted octanol–water partition coefficient (Wildman–Crippen LogP) is 0.835. The molecule has 1 fully saturated rings. The number of hydrogen-bond acceptors (Lipinski definition) is 4. The van der Waals surface area contributed by atoms with Crippen molar-refractivity contribution in [2.45, 2.75) is 18.6 Å². The molecule has 0 saturated carbocycles. The molecule has 0 bridgehead atoms. The Morgan fingerprint density at radius 3 is 2.70 bits per heavy atom. The Morgan fingerprint density at radius 2 is 2.05 bits per heavy atom. The number of ether oxygens (including phenoxy) is 1. The summed E-state index contributed by atoms with van der Waals surface area (Å²) < 4.78 is 4.66. The number of hydrogen-bond donors (Lipinski definition) is 1. The second-order valence-electron chi connectivity index (χ2n) is 4.66. The molecule has 106 valence electrons. The monoisotopic (exact) mass is 275 g/mol. The van der Waals surface area contributed by atoms with Crippen LogP contribution in [-0.4, -0.2) is 47.7 Å². The minimum Gasteiger partial charge on any atom is -0.467 e. The average Bonchev–Trinajstić information content (AvgIpc) is 2.87. The first kappa shape index (κ1) is 14.3. The Hall–Kier alpha value is -2.14. The van der Waals surface area contributed by atoms with Gasteiger partial charge in [-0.15, -0.1) is 0 Å². The number of β-amino-alcohol motifs (C(OH)–C–C–N with tert-alkyl or cyclic N) is 1. The summed E-state index contributed by atoms with van der Waals surface area (Å²) in [7, 11) is 1.27. The van der Waals surface area contributed by atoms with Crippen molar-refractivity contribution in [2.24, 2.45) is 0 Å². The summed E-state index contributed by atoms with van der Waals surface area (Å²) in [4.78, 5) is 25.1. The van der Waals surface area contributed by atoms with E-state index in [1.807, 2.05) is 30.3 Å². The Balaban J connectivity index is 2.07. The van der Waals surface area contributed by atoms with Gasteiger partial charge in [-0.3, -0.25) is 4.79 Å². The third kappa shape index (κ3) is 3.24. The van der Waals surface area contributed by atoms with Crippen LogP contribution in [-0.2, 0) is 14.3 Å². The third-order valence-corrected chi connectivity index (χ3v) is 3.25. The van der Waals surface area contributed by atoms with Crippen LogP contribution in [0.3, 0.4) is 0 Å². The molecule has 1 aliphatic rings. The van der Waals surface area contributed by atoms with Crippen molar-refractivity contribution in [3.63, 3.8) is 0 Å². The lowest BCUT2D eigenvalue weighted by atomic mass is 10.2. The fourth-order valence-corrected chi connectivity index (χ4v) is 2.24. The van der Waals surface area contributed by atoms with E-state index in [0.29, 0.717) is 0 Å². The number of carbonyl (C=O) groups excluding carboxylic acids is 2. The molecule has 1 heterocycles. The maximum absolute atomic E-state index is 12.1. The molecule has 0 spiro atoms. The van der Waals surface area contributed by atoms with Crippen LogP contribution in [0.15, 0.2) is 36.4 Å². The maximum Gasteiger partial charge on any atom is 0.328 e. The molecule has 1 aromatic carbocycles. The van der Waals surface area contributed by atoms with E-state index in [-0.39, 0.29) is 18.9 Å².